The lowest BCUT2D eigenvalue weighted by molar-refractivity contribution is -0.188. The van der Waals surface area contributed by atoms with E-state index >= 15 is 0 Å². The Hall–Kier alpha value is -2.97. The highest BCUT2D eigenvalue weighted by atomic mass is 16.5. The lowest BCUT2D eigenvalue weighted by Gasteiger charge is -2.70. The number of likely N-dealkylation sites (N-methyl/N-ethyl adjacent to an activating group) is 1. The van der Waals surface area contributed by atoms with Crippen molar-refractivity contribution in [1.29, 1.82) is 0 Å². The SMILES string of the molecule is CN(Cc1cncnc1)C(=O)C1=C[C@@]23CC[C@]1(O)[C@@H]1Oc4c(O)ccc5c4[C@@]12CCN(CC1CC1)[C@@H]3C5. The van der Waals surface area contributed by atoms with Gasteiger partial charge in [-0.3, -0.25) is 9.69 Å². The van der Waals surface area contributed by atoms with Crippen molar-refractivity contribution >= 4 is 5.91 Å². The summed E-state index contributed by atoms with van der Waals surface area (Å²) < 4.78 is 6.60. The van der Waals surface area contributed by atoms with E-state index < -0.39 is 17.1 Å². The molecule has 1 aromatic heterocycles. The van der Waals surface area contributed by atoms with Crippen molar-refractivity contribution in [1.82, 2.24) is 19.8 Å². The second-order valence-corrected chi connectivity index (χ2v) is 12.3. The maximum Gasteiger partial charge on any atom is 0.252 e. The molecule has 2 aromatic rings. The highest BCUT2D eigenvalue weighted by Crippen LogP contribution is 2.74. The smallest absolute Gasteiger partial charge is 0.252 e. The standard InChI is InChI=1S/C29H32N4O4/c1-32(14-18-12-30-16-31-13-18)25(35)20-11-27-6-7-29(20,36)26-28(27)8-9-33(15-17-2-3-17)22(27)10-19-4-5-21(34)24(37-26)23(19)28/h4-5,11-13,16-17,22,26,34,36H,2-3,6-10,14-15H2,1H3/t22-,26-,27-,28+,29-/m1/s1. The molecule has 8 heteroatoms. The first-order valence-corrected chi connectivity index (χ1v) is 13.6. The van der Waals surface area contributed by atoms with Crippen LogP contribution in [0, 0.1) is 11.3 Å². The molecule has 1 aromatic carbocycles. The van der Waals surface area contributed by atoms with Crippen molar-refractivity contribution < 1.29 is 19.7 Å². The third-order valence-electron chi connectivity index (χ3n) is 10.4. The zero-order valence-electron chi connectivity index (χ0n) is 21.1. The van der Waals surface area contributed by atoms with Crippen molar-refractivity contribution in [3.05, 3.63) is 59.2 Å². The van der Waals surface area contributed by atoms with Gasteiger partial charge in [0.15, 0.2) is 11.5 Å². The van der Waals surface area contributed by atoms with Crippen LogP contribution in [-0.2, 0) is 23.2 Å². The minimum Gasteiger partial charge on any atom is -0.504 e. The molecule has 2 N–H and O–H groups in total. The number of hydrogen-bond acceptors (Lipinski definition) is 7. The number of amides is 1. The third kappa shape index (κ3) is 2.63. The van der Waals surface area contributed by atoms with Gasteiger partial charge in [-0.05, 0) is 62.6 Å². The number of rotatable bonds is 5. The van der Waals surface area contributed by atoms with E-state index in [0.29, 0.717) is 24.3 Å². The van der Waals surface area contributed by atoms with E-state index in [-0.39, 0.29) is 23.1 Å². The first-order chi connectivity index (χ1) is 17.9. The van der Waals surface area contributed by atoms with E-state index in [2.05, 4.69) is 27.0 Å². The second kappa shape index (κ2) is 7.11. The Balaban J connectivity index is 1.28. The van der Waals surface area contributed by atoms with Crippen molar-refractivity contribution in [3.8, 4) is 11.5 Å². The second-order valence-electron chi connectivity index (χ2n) is 12.3. The Morgan fingerprint density at radius 2 is 2.03 bits per heavy atom. The van der Waals surface area contributed by atoms with Gasteiger partial charge in [-0.25, -0.2) is 9.97 Å². The average molecular weight is 501 g/mol. The summed E-state index contributed by atoms with van der Waals surface area (Å²) in [6, 6.07) is 4.04. The Morgan fingerprint density at radius 3 is 2.81 bits per heavy atom. The fraction of sp³-hybridized carbons (Fsp3) is 0.552. The van der Waals surface area contributed by atoms with E-state index in [1.165, 1.54) is 24.7 Å². The molecular formula is C29H32N4O4. The van der Waals surface area contributed by atoms with Gasteiger partial charge in [0.2, 0.25) is 0 Å². The summed E-state index contributed by atoms with van der Waals surface area (Å²) in [6.07, 6.45) is 12.1. The van der Waals surface area contributed by atoms with Gasteiger partial charge >= 0.3 is 0 Å². The molecule has 2 spiro atoms. The number of piperidine rings is 1. The van der Waals surface area contributed by atoms with Gasteiger partial charge in [0, 0.05) is 60.7 Å². The molecule has 4 bridgehead atoms. The molecule has 37 heavy (non-hydrogen) atoms. The van der Waals surface area contributed by atoms with Crippen LogP contribution < -0.4 is 4.74 Å². The Bertz CT molecular complexity index is 1360. The topological polar surface area (TPSA) is 99.0 Å². The molecular weight excluding hydrogens is 468 g/mol. The number of carbonyl (C=O) groups is 1. The largest absolute Gasteiger partial charge is 0.504 e. The quantitative estimate of drug-likeness (QED) is 0.650. The molecule has 5 atom stereocenters. The zero-order valence-corrected chi connectivity index (χ0v) is 21.1. The molecule has 2 saturated carbocycles. The molecule has 5 aliphatic carbocycles. The molecule has 3 fully saturated rings. The van der Waals surface area contributed by atoms with E-state index in [9.17, 15) is 15.0 Å². The summed E-state index contributed by atoms with van der Waals surface area (Å²) in [5.41, 5.74) is 1.45. The number of likely N-dealkylation sites (tertiary alicyclic amines) is 1. The summed E-state index contributed by atoms with van der Waals surface area (Å²) in [4.78, 5) is 26.5. The van der Waals surface area contributed by atoms with Crippen LogP contribution in [0.15, 0.2) is 42.5 Å². The van der Waals surface area contributed by atoms with Gasteiger partial charge < -0.3 is 19.8 Å². The number of fused-ring (bicyclic) bond motifs is 1. The van der Waals surface area contributed by atoms with Crippen molar-refractivity contribution in [2.45, 2.75) is 68.2 Å². The Morgan fingerprint density at radius 1 is 1.22 bits per heavy atom. The first kappa shape index (κ1) is 22.1. The number of nitrogens with zero attached hydrogens (tertiary/aromatic N) is 4. The maximum absolute atomic E-state index is 14.0. The molecule has 9 rings (SSSR count). The van der Waals surface area contributed by atoms with E-state index in [0.717, 1.165) is 49.4 Å². The normalized spacial score (nSPS) is 36.5. The number of benzene rings is 1. The number of ether oxygens (including phenoxy) is 1. The minimum absolute atomic E-state index is 0.133. The van der Waals surface area contributed by atoms with Crippen molar-refractivity contribution in [3.63, 3.8) is 0 Å². The molecule has 1 amide bonds. The molecule has 3 heterocycles. The third-order valence-corrected chi connectivity index (χ3v) is 10.4. The van der Waals surface area contributed by atoms with E-state index in [1.807, 2.05) is 0 Å². The molecule has 8 nitrogen and oxygen atoms in total. The van der Waals surface area contributed by atoms with Crippen LogP contribution >= 0.6 is 0 Å². The Labute approximate surface area is 216 Å². The predicted molar refractivity (Wildman–Crippen MR) is 134 cm³/mol. The maximum atomic E-state index is 14.0. The van der Waals surface area contributed by atoms with Crippen LogP contribution in [0.2, 0.25) is 0 Å². The summed E-state index contributed by atoms with van der Waals surface area (Å²) in [5.74, 6) is 1.25. The lowest BCUT2D eigenvalue weighted by Crippen LogP contribution is -2.78. The molecule has 1 saturated heterocycles. The van der Waals surface area contributed by atoms with Crippen LogP contribution in [-0.4, -0.2) is 73.8 Å². The summed E-state index contributed by atoms with van der Waals surface area (Å²) in [5, 5.41) is 23.3. The number of hydrogen-bond donors (Lipinski definition) is 2. The molecule has 0 unspecified atom stereocenters. The van der Waals surface area contributed by atoms with Crippen molar-refractivity contribution in [2.75, 3.05) is 20.1 Å². The van der Waals surface area contributed by atoms with Gasteiger partial charge in [0.05, 0.1) is 5.41 Å². The number of phenols is 1. The number of aliphatic hydroxyl groups is 1. The van der Waals surface area contributed by atoms with Crippen LogP contribution in [0.5, 0.6) is 11.5 Å². The molecule has 192 valence electrons. The van der Waals surface area contributed by atoms with Crippen LogP contribution in [0.4, 0.5) is 0 Å². The van der Waals surface area contributed by atoms with Gasteiger partial charge in [-0.2, -0.15) is 0 Å². The highest BCUT2D eigenvalue weighted by molar-refractivity contribution is 5.97. The lowest BCUT2D eigenvalue weighted by atomic mass is 9.38. The van der Waals surface area contributed by atoms with Crippen LogP contribution in [0.1, 0.15) is 48.8 Å². The van der Waals surface area contributed by atoms with E-state index in [1.54, 1.807) is 30.4 Å². The van der Waals surface area contributed by atoms with E-state index in [4.69, 9.17) is 4.74 Å². The van der Waals surface area contributed by atoms with Crippen LogP contribution in [0.3, 0.4) is 0 Å². The summed E-state index contributed by atoms with van der Waals surface area (Å²) in [6.45, 7) is 2.42. The molecule has 7 aliphatic rings. The monoisotopic (exact) mass is 500 g/mol. The number of aromatic hydroxyl groups is 1. The highest BCUT2D eigenvalue weighted by Gasteiger charge is 2.78. The zero-order chi connectivity index (χ0) is 25.2. The molecule has 2 aliphatic heterocycles. The first-order valence-electron chi connectivity index (χ1n) is 13.6. The number of phenolic OH excluding ortho intramolecular Hbond substituents is 1. The number of aromatic nitrogens is 2. The van der Waals surface area contributed by atoms with Crippen molar-refractivity contribution in [2.24, 2.45) is 11.3 Å². The van der Waals surface area contributed by atoms with Gasteiger partial charge in [0.1, 0.15) is 18.0 Å². The minimum atomic E-state index is -1.41. The van der Waals surface area contributed by atoms with Gasteiger partial charge in [-0.1, -0.05) is 12.1 Å². The summed E-state index contributed by atoms with van der Waals surface area (Å²) in [7, 11) is 1.77. The average Bonchev–Trinajstić information content (AvgIpc) is 3.64. The predicted octanol–water partition coefficient (Wildman–Crippen LogP) is 2.33. The molecule has 0 radical (unpaired) electrons. The van der Waals surface area contributed by atoms with Gasteiger partial charge in [0.25, 0.3) is 5.91 Å². The van der Waals surface area contributed by atoms with Crippen LogP contribution in [0.25, 0.3) is 0 Å². The summed E-state index contributed by atoms with van der Waals surface area (Å²) >= 11 is 0. The Kier molecular flexibility index (Phi) is 4.24. The fourth-order valence-corrected chi connectivity index (χ4v) is 8.76. The fourth-order valence-electron chi connectivity index (χ4n) is 8.76. The number of carbonyl (C=O) groups excluding carboxylic acids is 1. The van der Waals surface area contributed by atoms with Gasteiger partial charge in [-0.15, -0.1) is 0 Å².